The lowest BCUT2D eigenvalue weighted by Gasteiger charge is -2.09. The Labute approximate surface area is 153 Å². The first-order valence-corrected chi connectivity index (χ1v) is 10.7. The number of para-hydroxylation sites is 1. The Morgan fingerprint density at radius 2 is 1.83 bits per heavy atom. The zero-order valence-electron chi connectivity index (χ0n) is 12.9. The number of hydrogen-bond acceptors (Lipinski definition) is 5. The van der Waals surface area contributed by atoms with Crippen LogP contribution in [0, 0.1) is 0 Å². The van der Waals surface area contributed by atoms with Crippen LogP contribution < -0.4 is 5.32 Å². The minimum absolute atomic E-state index is 0.0486. The Hall–Kier alpha value is -1.50. The van der Waals surface area contributed by atoms with Gasteiger partial charge in [-0.2, -0.15) is 0 Å². The van der Waals surface area contributed by atoms with Crippen molar-refractivity contribution in [3.8, 4) is 0 Å². The van der Waals surface area contributed by atoms with E-state index in [1.807, 2.05) is 53.9 Å². The van der Waals surface area contributed by atoms with Crippen molar-refractivity contribution in [2.75, 3.05) is 11.5 Å². The number of thioether (sulfide) groups is 2. The zero-order valence-corrected chi connectivity index (χ0v) is 15.3. The maximum absolute atomic E-state index is 12.3. The van der Waals surface area contributed by atoms with Crippen molar-refractivity contribution in [3.05, 3.63) is 64.7 Å². The molecule has 1 aliphatic heterocycles. The monoisotopic (exact) mass is 372 g/mol. The van der Waals surface area contributed by atoms with Gasteiger partial charge in [0.1, 0.15) is 5.01 Å². The van der Waals surface area contributed by atoms with Crippen LogP contribution in [0.4, 0.5) is 0 Å². The summed E-state index contributed by atoms with van der Waals surface area (Å²) in [6.07, 6.45) is 0. The van der Waals surface area contributed by atoms with E-state index in [-0.39, 0.29) is 5.91 Å². The molecule has 0 aliphatic carbocycles. The highest BCUT2D eigenvalue weighted by Crippen LogP contribution is 2.45. The van der Waals surface area contributed by atoms with Gasteiger partial charge in [-0.05, 0) is 29.8 Å². The third-order valence-electron chi connectivity index (χ3n) is 3.81. The van der Waals surface area contributed by atoms with Crippen LogP contribution in [0.15, 0.2) is 48.5 Å². The fourth-order valence-corrected chi connectivity index (χ4v) is 6.36. The van der Waals surface area contributed by atoms with Gasteiger partial charge < -0.3 is 5.32 Å². The first-order valence-electron chi connectivity index (χ1n) is 7.75. The molecule has 1 amide bonds. The normalized spacial score (nSPS) is 15.0. The van der Waals surface area contributed by atoms with Gasteiger partial charge in [0.2, 0.25) is 0 Å². The predicted octanol–water partition coefficient (Wildman–Crippen LogP) is 4.70. The van der Waals surface area contributed by atoms with E-state index in [0.29, 0.717) is 16.7 Å². The van der Waals surface area contributed by atoms with Crippen LogP contribution in [-0.4, -0.2) is 22.4 Å². The van der Waals surface area contributed by atoms with E-state index in [0.717, 1.165) is 15.2 Å². The smallest absolute Gasteiger partial charge is 0.251 e. The number of benzene rings is 2. The summed E-state index contributed by atoms with van der Waals surface area (Å²) in [6.45, 7) is 0.467. The average Bonchev–Trinajstić information content (AvgIpc) is 3.29. The molecule has 0 unspecified atom stereocenters. The summed E-state index contributed by atoms with van der Waals surface area (Å²) in [7, 11) is 0. The summed E-state index contributed by atoms with van der Waals surface area (Å²) < 4.78 is 1.67. The highest BCUT2D eigenvalue weighted by atomic mass is 32.2. The predicted molar refractivity (Wildman–Crippen MR) is 105 cm³/mol. The van der Waals surface area contributed by atoms with Gasteiger partial charge in [0.25, 0.3) is 5.91 Å². The van der Waals surface area contributed by atoms with Crippen molar-refractivity contribution >= 4 is 51.0 Å². The number of carbonyl (C=O) groups is 1. The molecule has 0 radical (unpaired) electrons. The van der Waals surface area contributed by atoms with E-state index in [2.05, 4.69) is 28.5 Å². The van der Waals surface area contributed by atoms with Crippen molar-refractivity contribution in [1.29, 1.82) is 0 Å². The summed E-state index contributed by atoms with van der Waals surface area (Å²) in [5.74, 6) is 2.37. The molecule has 0 bridgehead atoms. The number of rotatable bonds is 4. The SMILES string of the molecule is O=C(NCc1nc2ccccc2s1)c1ccc(C2SCCS2)cc1. The average molecular weight is 373 g/mol. The topological polar surface area (TPSA) is 42.0 Å². The number of fused-ring (bicyclic) bond motifs is 1. The largest absolute Gasteiger partial charge is 0.346 e. The molecule has 1 saturated heterocycles. The first kappa shape index (κ1) is 16.0. The second-order valence-electron chi connectivity index (χ2n) is 5.45. The lowest BCUT2D eigenvalue weighted by atomic mass is 10.1. The fraction of sp³-hybridized carbons (Fsp3) is 0.222. The van der Waals surface area contributed by atoms with Crippen LogP contribution in [0.2, 0.25) is 0 Å². The van der Waals surface area contributed by atoms with Gasteiger partial charge in [0, 0.05) is 17.1 Å². The zero-order chi connectivity index (χ0) is 16.4. The summed E-state index contributed by atoms with van der Waals surface area (Å²) in [4.78, 5) is 16.9. The molecule has 0 spiro atoms. The number of thiazole rings is 1. The van der Waals surface area contributed by atoms with Crippen molar-refractivity contribution < 1.29 is 4.79 Å². The number of nitrogens with one attached hydrogen (secondary N) is 1. The highest BCUT2D eigenvalue weighted by molar-refractivity contribution is 8.19. The molecule has 0 atom stereocenters. The van der Waals surface area contributed by atoms with Gasteiger partial charge in [-0.3, -0.25) is 4.79 Å². The Balaban J connectivity index is 1.40. The molecule has 4 rings (SSSR count). The second kappa shape index (κ2) is 7.17. The molecule has 0 saturated carbocycles. The Morgan fingerprint density at radius 3 is 2.58 bits per heavy atom. The standard InChI is InChI=1S/C18H16N2OS3/c21-17(12-5-7-13(8-6-12)18-22-9-10-23-18)19-11-16-20-14-3-1-2-4-15(14)24-16/h1-8,18H,9-11H2,(H,19,21). The minimum atomic E-state index is -0.0486. The van der Waals surface area contributed by atoms with Gasteiger partial charge in [0.15, 0.2) is 0 Å². The molecule has 1 aliphatic rings. The third-order valence-corrected chi connectivity index (χ3v) is 7.95. The van der Waals surface area contributed by atoms with Crippen LogP contribution in [0.25, 0.3) is 10.2 Å². The van der Waals surface area contributed by atoms with E-state index < -0.39 is 0 Å². The lowest BCUT2D eigenvalue weighted by molar-refractivity contribution is 0.0951. The van der Waals surface area contributed by atoms with Gasteiger partial charge in [-0.15, -0.1) is 34.9 Å². The molecule has 1 fully saturated rings. The number of hydrogen-bond donors (Lipinski definition) is 1. The molecule has 2 heterocycles. The summed E-state index contributed by atoms with van der Waals surface area (Å²) >= 11 is 5.57. The summed E-state index contributed by atoms with van der Waals surface area (Å²) in [6, 6.07) is 16.0. The lowest BCUT2D eigenvalue weighted by Crippen LogP contribution is -2.22. The van der Waals surface area contributed by atoms with Crippen LogP contribution in [0.1, 0.15) is 25.5 Å². The molecule has 6 heteroatoms. The van der Waals surface area contributed by atoms with Crippen molar-refractivity contribution in [2.24, 2.45) is 0 Å². The number of nitrogens with zero attached hydrogens (tertiary/aromatic N) is 1. The van der Waals surface area contributed by atoms with Gasteiger partial charge >= 0.3 is 0 Å². The van der Waals surface area contributed by atoms with Gasteiger partial charge in [0.05, 0.1) is 21.3 Å². The Bertz CT molecular complexity index is 821. The van der Waals surface area contributed by atoms with E-state index in [1.54, 1.807) is 11.3 Å². The van der Waals surface area contributed by atoms with E-state index in [4.69, 9.17) is 0 Å². The van der Waals surface area contributed by atoms with Crippen LogP contribution in [-0.2, 0) is 6.54 Å². The quantitative estimate of drug-likeness (QED) is 0.720. The van der Waals surface area contributed by atoms with E-state index in [9.17, 15) is 4.79 Å². The molecule has 2 aromatic carbocycles. The first-order chi connectivity index (χ1) is 11.8. The van der Waals surface area contributed by atoms with Crippen LogP contribution in [0.5, 0.6) is 0 Å². The van der Waals surface area contributed by atoms with Gasteiger partial charge in [-0.1, -0.05) is 24.3 Å². The number of carbonyl (C=O) groups excluding carboxylic acids is 1. The maximum Gasteiger partial charge on any atom is 0.251 e. The second-order valence-corrected chi connectivity index (χ2v) is 9.29. The highest BCUT2D eigenvalue weighted by Gasteiger charge is 2.18. The Morgan fingerprint density at radius 1 is 1.08 bits per heavy atom. The minimum Gasteiger partial charge on any atom is -0.346 e. The van der Waals surface area contributed by atoms with Crippen molar-refractivity contribution in [3.63, 3.8) is 0 Å². The van der Waals surface area contributed by atoms with E-state index in [1.165, 1.54) is 17.1 Å². The molecular formula is C18H16N2OS3. The fourth-order valence-electron chi connectivity index (χ4n) is 2.60. The molecule has 122 valence electrons. The number of amides is 1. The summed E-state index contributed by atoms with van der Waals surface area (Å²) in [5, 5.41) is 3.89. The van der Waals surface area contributed by atoms with Crippen molar-refractivity contribution in [1.82, 2.24) is 10.3 Å². The Kier molecular flexibility index (Phi) is 4.78. The maximum atomic E-state index is 12.3. The van der Waals surface area contributed by atoms with Gasteiger partial charge in [-0.25, -0.2) is 4.98 Å². The van der Waals surface area contributed by atoms with Crippen LogP contribution >= 0.6 is 34.9 Å². The molecular weight excluding hydrogens is 356 g/mol. The van der Waals surface area contributed by atoms with Crippen LogP contribution in [0.3, 0.4) is 0 Å². The van der Waals surface area contributed by atoms with E-state index >= 15 is 0 Å². The summed E-state index contributed by atoms with van der Waals surface area (Å²) in [5.41, 5.74) is 2.99. The molecule has 1 aromatic heterocycles. The van der Waals surface area contributed by atoms with Crippen molar-refractivity contribution in [2.45, 2.75) is 11.1 Å². The molecule has 24 heavy (non-hydrogen) atoms. The molecule has 1 N–H and O–H groups in total. The number of aromatic nitrogens is 1. The third kappa shape index (κ3) is 3.45. The molecule has 3 aromatic rings. The molecule has 3 nitrogen and oxygen atoms in total.